The molecule has 26 heavy (non-hydrogen) atoms. The summed E-state index contributed by atoms with van der Waals surface area (Å²) >= 11 is 5.01. The summed E-state index contributed by atoms with van der Waals surface area (Å²) in [6.45, 7) is 0.432. The van der Waals surface area contributed by atoms with Gasteiger partial charge in [0.25, 0.3) is 0 Å². The molecule has 0 radical (unpaired) electrons. The Kier molecular flexibility index (Phi) is 6.49. The molecule has 1 aromatic carbocycles. The molecule has 0 unspecified atom stereocenters. The van der Waals surface area contributed by atoms with E-state index < -0.39 is 11.8 Å². The van der Waals surface area contributed by atoms with Gasteiger partial charge in [0.2, 0.25) is 0 Å². The van der Waals surface area contributed by atoms with Gasteiger partial charge >= 0.3 is 11.8 Å². The van der Waals surface area contributed by atoms with Crippen LogP contribution >= 0.6 is 34.4 Å². The predicted octanol–water partition coefficient (Wildman–Crippen LogP) is 4.50. The highest BCUT2D eigenvalue weighted by Crippen LogP contribution is 2.31. The molecule has 0 aliphatic carbocycles. The SMILES string of the molecule is CSc1cccc(NC(=O)C(=O)NCCc2ccc(-c3cccs3)s2)c1. The van der Waals surface area contributed by atoms with Crippen LogP contribution < -0.4 is 10.6 Å². The Morgan fingerprint density at radius 3 is 2.69 bits per heavy atom. The molecule has 2 heterocycles. The van der Waals surface area contributed by atoms with Crippen molar-refractivity contribution in [3.63, 3.8) is 0 Å². The molecule has 134 valence electrons. The normalized spacial score (nSPS) is 10.5. The number of thiophene rings is 2. The van der Waals surface area contributed by atoms with E-state index in [0.717, 1.165) is 4.90 Å². The van der Waals surface area contributed by atoms with Crippen LogP contribution in [0.4, 0.5) is 5.69 Å². The maximum Gasteiger partial charge on any atom is 0.313 e. The van der Waals surface area contributed by atoms with Crippen LogP contribution in [0.1, 0.15) is 4.88 Å². The zero-order chi connectivity index (χ0) is 18.4. The minimum absolute atomic E-state index is 0.432. The van der Waals surface area contributed by atoms with Crippen LogP contribution in [0.15, 0.2) is 58.8 Å². The lowest BCUT2D eigenvalue weighted by Gasteiger charge is -2.07. The highest BCUT2D eigenvalue weighted by atomic mass is 32.2. The van der Waals surface area contributed by atoms with E-state index in [9.17, 15) is 9.59 Å². The first kappa shape index (κ1) is 18.7. The Morgan fingerprint density at radius 1 is 1.04 bits per heavy atom. The largest absolute Gasteiger partial charge is 0.347 e. The Bertz CT molecular complexity index is 888. The molecule has 3 rings (SSSR count). The number of hydrogen-bond donors (Lipinski definition) is 2. The quantitative estimate of drug-likeness (QED) is 0.472. The van der Waals surface area contributed by atoms with E-state index in [1.54, 1.807) is 40.5 Å². The van der Waals surface area contributed by atoms with Crippen LogP contribution in [0.5, 0.6) is 0 Å². The molecule has 0 atom stereocenters. The van der Waals surface area contributed by atoms with Crippen molar-refractivity contribution in [2.75, 3.05) is 18.1 Å². The van der Waals surface area contributed by atoms with E-state index in [0.29, 0.717) is 18.7 Å². The molecule has 0 saturated heterocycles. The van der Waals surface area contributed by atoms with Gasteiger partial charge in [-0.1, -0.05) is 12.1 Å². The second-order valence-electron chi connectivity index (χ2n) is 5.44. The number of rotatable bonds is 6. The van der Waals surface area contributed by atoms with Gasteiger partial charge in [0.15, 0.2) is 0 Å². The van der Waals surface area contributed by atoms with Gasteiger partial charge in [0.05, 0.1) is 0 Å². The fourth-order valence-corrected chi connectivity index (χ4v) is 4.63. The average molecular weight is 403 g/mol. The second kappa shape index (κ2) is 9.02. The summed E-state index contributed by atoms with van der Waals surface area (Å²) in [6.07, 6.45) is 2.67. The van der Waals surface area contributed by atoms with Gasteiger partial charge in [0, 0.05) is 31.8 Å². The number of anilines is 1. The summed E-state index contributed by atoms with van der Waals surface area (Å²) in [4.78, 5) is 28.6. The van der Waals surface area contributed by atoms with Crippen LogP contribution in [0.2, 0.25) is 0 Å². The third-order valence-corrected chi connectivity index (χ3v) is 6.55. The minimum Gasteiger partial charge on any atom is -0.347 e. The maximum absolute atomic E-state index is 12.0. The van der Waals surface area contributed by atoms with Crippen LogP contribution in [-0.4, -0.2) is 24.6 Å². The summed E-state index contributed by atoms with van der Waals surface area (Å²) in [5.74, 6) is -1.26. The number of carbonyl (C=O) groups excluding carboxylic acids is 2. The summed E-state index contributed by atoms with van der Waals surface area (Å²) in [7, 11) is 0. The molecule has 2 N–H and O–H groups in total. The van der Waals surface area contributed by atoms with E-state index in [4.69, 9.17) is 0 Å². The molecule has 7 heteroatoms. The molecule has 0 bridgehead atoms. The first-order valence-corrected chi connectivity index (χ1v) is 10.9. The lowest BCUT2D eigenvalue weighted by Crippen LogP contribution is -2.36. The van der Waals surface area contributed by atoms with Gasteiger partial charge in [-0.25, -0.2) is 0 Å². The number of nitrogens with one attached hydrogen (secondary N) is 2. The summed E-state index contributed by atoms with van der Waals surface area (Å²) in [6, 6.07) is 15.7. The molecule has 0 fully saturated rings. The fraction of sp³-hybridized carbons (Fsp3) is 0.158. The summed E-state index contributed by atoms with van der Waals surface area (Å²) in [5, 5.41) is 7.36. The number of thioether (sulfide) groups is 1. The third-order valence-electron chi connectivity index (χ3n) is 3.62. The highest BCUT2D eigenvalue weighted by molar-refractivity contribution is 7.98. The molecular weight excluding hydrogens is 384 g/mol. The van der Waals surface area contributed by atoms with Crippen LogP contribution in [-0.2, 0) is 16.0 Å². The lowest BCUT2D eigenvalue weighted by atomic mass is 10.3. The van der Waals surface area contributed by atoms with Crippen molar-refractivity contribution in [3.8, 4) is 9.75 Å². The number of hydrogen-bond acceptors (Lipinski definition) is 5. The molecule has 2 aromatic heterocycles. The van der Waals surface area contributed by atoms with Crippen LogP contribution in [0, 0.1) is 0 Å². The number of benzene rings is 1. The van der Waals surface area contributed by atoms with E-state index in [-0.39, 0.29) is 0 Å². The number of carbonyl (C=O) groups is 2. The topological polar surface area (TPSA) is 58.2 Å². The van der Waals surface area contributed by atoms with Crippen LogP contribution in [0.3, 0.4) is 0 Å². The van der Waals surface area contributed by atoms with E-state index in [1.807, 2.05) is 30.5 Å². The summed E-state index contributed by atoms with van der Waals surface area (Å²) in [5.41, 5.74) is 0.621. The zero-order valence-electron chi connectivity index (χ0n) is 14.2. The Labute approximate surface area is 164 Å². The van der Waals surface area contributed by atoms with Gasteiger partial charge in [-0.3, -0.25) is 9.59 Å². The van der Waals surface area contributed by atoms with Gasteiger partial charge < -0.3 is 10.6 Å². The van der Waals surface area contributed by atoms with Gasteiger partial charge in [-0.05, 0) is 54.5 Å². The maximum atomic E-state index is 12.0. The van der Waals surface area contributed by atoms with E-state index in [1.165, 1.54) is 14.6 Å². The second-order valence-corrected chi connectivity index (χ2v) is 8.43. The van der Waals surface area contributed by atoms with Gasteiger partial charge in [0.1, 0.15) is 0 Å². The first-order chi connectivity index (χ1) is 12.7. The van der Waals surface area contributed by atoms with Crippen molar-refractivity contribution in [2.24, 2.45) is 0 Å². The van der Waals surface area contributed by atoms with Gasteiger partial charge in [-0.15, -0.1) is 34.4 Å². The molecule has 4 nitrogen and oxygen atoms in total. The van der Waals surface area contributed by atoms with Crippen molar-refractivity contribution in [1.82, 2.24) is 5.32 Å². The van der Waals surface area contributed by atoms with Crippen molar-refractivity contribution < 1.29 is 9.59 Å². The Hall–Kier alpha value is -2.09. The lowest BCUT2D eigenvalue weighted by molar-refractivity contribution is -0.136. The van der Waals surface area contributed by atoms with Crippen LogP contribution in [0.25, 0.3) is 9.75 Å². The molecule has 0 saturated carbocycles. The average Bonchev–Trinajstić information content (AvgIpc) is 3.33. The van der Waals surface area contributed by atoms with Gasteiger partial charge in [-0.2, -0.15) is 0 Å². The third kappa shape index (κ3) is 4.97. The van der Waals surface area contributed by atoms with Crippen molar-refractivity contribution in [1.29, 1.82) is 0 Å². The summed E-state index contributed by atoms with van der Waals surface area (Å²) < 4.78 is 0. The molecule has 0 aliphatic heterocycles. The molecule has 0 aliphatic rings. The minimum atomic E-state index is -0.645. The molecule has 2 amide bonds. The molecular formula is C19H18N2O2S3. The monoisotopic (exact) mass is 402 g/mol. The first-order valence-electron chi connectivity index (χ1n) is 8.01. The zero-order valence-corrected chi connectivity index (χ0v) is 16.6. The standard InChI is InChI=1S/C19H18N2O2S3/c1-24-15-5-2-4-13(12-15)21-19(23)18(22)20-10-9-14-7-8-17(26-14)16-6-3-11-25-16/h2-8,11-12H,9-10H2,1H3,(H,20,22)(H,21,23). The number of amides is 2. The molecule has 3 aromatic rings. The highest BCUT2D eigenvalue weighted by Gasteiger charge is 2.13. The van der Waals surface area contributed by atoms with Crippen molar-refractivity contribution in [2.45, 2.75) is 11.3 Å². The Balaban J connectivity index is 1.47. The molecule has 0 spiro atoms. The fourth-order valence-electron chi connectivity index (χ4n) is 2.33. The predicted molar refractivity (Wildman–Crippen MR) is 111 cm³/mol. The van der Waals surface area contributed by atoms with E-state index in [2.05, 4.69) is 34.2 Å². The van der Waals surface area contributed by atoms with Crippen molar-refractivity contribution in [3.05, 3.63) is 58.8 Å². The Morgan fingerprint density at radius 2 is 1.92 bits per heavy atom. The van der Waals surface area contributed by atoms with Crippen molar-refractivity contribution >= 4 is 51.9 Å². The van der Waals surface area contributed by atoms with E-state index >= 15 is 0 Å². The smallest absolute Gasteiger partial charge is 0.313 e.